The van der Waals surface area contributed by atoms with E-state index in [0.29, 0.717) is 17.2 Å². The second-order valence-electron chi connectivity index (χ2n) is 5.28. The maximum atomic E-state index is 12.5. The molecule has 2 aromatic rings. The quantitative estimate of drug-likeness (QED) is 0.881. The van der Waals surface area contributed by atoms with E-state index in [9.17, 15) is 4.79 Å². The highest BCUT2D eigenvalue weighted by atomic mass is 79.9. The Labute approximate surface area is 137 Å². The van der Waals surface area contributed by atoms with Gasteiger partial charge in [0.2, 0.25) is 6.10 Å². The van der Waals surface area contributed by atoms with Crippen LogP contribution in [-0.2, 0) is 4.79 Å². The number of rotatable bonds is 2. The van der Waals surface area contributed by atoms with Crippen molar-refractivity contribution in [3.63, 3.8) is 0 Å². The van der Waals surface area contributed by atoms with E-state index < -0.39 is 6.10 Å². The molecular formula is C17H16BrNO3. The van der Waals surface area contributed by atoms with Gasteiger partial charge in [-0.05, 0) is 59.6 Å². The standard InChI is InChI=1S/C17H16BrNO3/c1-10-7-8-13(12(18)9-10)19-17(20)16-11(2)21-14-5-3-4-6-15(14)22-16/h3-9,11,16H,1-2H3,(H,19,20). The van der Waals surface area contributed by atoms with Crippen LogP contribution in [0.25, 0.3) is 0 Å². The minimum atomic E-state index is -0.692. The van der Waals surface area contributed by atoms with Gasteiger partial charge in [0.25, 0.3) is 5.91 Å². The summed E-state index contributed by atoms with van der Waals surface area (Å²) < 4.78 is 12.4. The van der Waals surface area contributed by atoms with Crippen molar-refractivity contribution in [2.24, 2.45) is 0 Å². The first kappa shape index (κ1) is 14.9. The normalized spacial score (nSPS) is 19.6. The molecule has 2 aromatic carbocycles. The molecule has 2 atom stereocenters. The van der Waals surface area contributed by atoms with E-state index in [1.807, 2.05) is 50.2 Å². The second-order valence-corrected chi connectivity index (χ2v) is 6.14. The lowest BCUT2D eigenvalue weighted by Crippen LogP contribution is -2.46. The van der Waals surface area contributed by atoms with Crippen LogP contribution in [0, 0.1) is 6.92 Å². The van der Waals surface area contributed by atoms with Gasteiger partial charge in [-0.3, -0.25) is 4.79 Å². The first-order valence-corrected chi connectivity index (χ1v) is 7.83. The fourth-order valence-corrected chi connectivity index (χ4v) is 2.92. The van der Waals surface area contributed by atoms with Crippen LogP contribution in [0.4, 0.5) is 5.69 Å². The molecule has 0 saturated carbocycles. The molecule has 0 saturated heterocycles. The van der Waals surface area contributed by atoms with E-state index in [2.05, 4.69) is 21.2 Å². The predicted molar refractivity (Wildman–Crippen MR) is 88.5 cm³/mol. The molecule has 4 nitrogen and oxygen atoms in total. The Morgan fingerprint density at radius 3 is 2.50 bits per heavy atom. The molecule has 1 heterocycles. The maximum Gasteiger partial charge on any atom is 0.269 e. The summed E-state index contributed by atoms with van der Waals surface area (Å²) >= 11 is 3.45. The minimum Gasteiger partial charge on any atom is -0.482 e. The number of nitrogens with one attached hydrogen (secondary N) is 1. The zero-order chi connectivity index (χ0) is 15.7. The summed E-state index contributed by atoms with van der Waals surface area (Å²) in [6.45, 7) is 3.82. The Morgan fingerprint density at radius 2 is 1.82 bits per heavy atom. The lowest BCUT2D eigenvalue weighted by atomic mass is 10.1. The van der Waals surface area contributed by atoms with Crippen LogP contribution >= 0.6 is 15.9 Å². The van der Waals surface area contributed by atoms with Gasteiger partial charge in [-0.15, -0.1) is 0 Å². The number of fused-ring (bicyclic) bond motifs is 1. The molecule has 0 fully saturated rings. The van der Waals surface area contributed by atoms with Gasteiger partial charge >= 0.3 is 0 Å². The number of para-hydroxylation sites is 2. The molecule has 1 amide bonds. The first-order chi connectivity index (χ1) is 10.5. The van der Waals surface area contributed by atoms with Crippen molar-refractivity contribution in [3.8, 4) is 11.5 Å². The number of hydrogen-bond acceptors (Lipinski definition) is 3. The number of anilines is 1. The Balaban J connectivity index is 1.78. The molecule has 5 heteroatoms. The van der Waals surface area contributed by atoms with Gasteiger partial charge in [0, 0.05) is 4.47 Å². The number of aryl methyl sites for hydroxylation is 1. The van der Waals surface area contributed by atoms with Crippen molar-refractivity contribution in [2.45, 2.75) is 26.1 Å². The number of ether oxygens (including phenoxy) is 2. The van der Waals surface area contributed by atoms with Crippen molar-refractivity contribution >= 4 is 27.5 Å². The van der Waals surface area contributed by atoms with Crippen molar-refractivity contribution in [2.75, 3.05) is 5.32 Å². The number of amides is 1. The summed E-state index contributed by atoms with van der Waals surface area (Å²) in [5.74, 6) is 1.02. The molecular weight excluding hydrogens is 346 g/mol. The van der Waals surface area contributed by atoms with Crippen LogP contribution in [-0.4, -0.2) is 18.1 Å². The predicted octanol–water partition coefficient (Wildman–Crippen LogP) is 3.92. The van der Waals surface area contributed by atoms with Gasteiger partial charge in [-0.2, -0.15) is 0 Å². The van der Waals surface area contributed by atoms with Gasteiger partial charge in [0.05, 0.1) is 5.69 Å². The van der Waals surface area contributed by atoms with Crippen molar-refractivity contribution in [1.29, 1.82) is 0 Å². The van der Waals surface area contributed by atoms with E-state index >= 15 is 0 Å². The average Bonchev–Trinajstić information content (AvgIpc) is 2.49. The van der Waals surface area contributed by atoms with Crippen LogP contribution in [0.2, 0.25) is 0 Å². The smallest absolute Gasteiger partial charge is 0.269 e. The van der Waals surface area contributed by atoms with Gasteiger partial charge in [-0.25, -0.2) is 0 Å². The number of carbonyl (C=O) groups excluding carboxylic acids is 1. The van der Waals surface area contributed by atoms with Crippen LogP contribution in [0.1, 0.15) is 12.5 Å². The SMILES string of the molecule is Cc1ccc(NC(=O)C2Oc3ccccc3OC2C)c(Br)c1. The third-order valence-electron chi connectivity index (χ3n) is 3.48. The molecule has 0 aliphatic carbocycles. The van der Waals surface area contributed by atoms with E-state index in [0.717, 1.165) is 10.0 Å². The minimum absolute atomic E-state index is 0.230. The van der Waals surface area contributed by atoms with E-state index in [-0.39, 0.29) is 12.0 Å². The zero-order valence-corrected chi connectivity index (χ0v) is 13.9. The lowest BCUT2D eigenvalue weighted by Gasteiger charge is -2.31. The monoisotopic (exact) mass is 361 g/mol. The fourth-order valence-electron chi connectivity index (χ4n) is 2.33. The van der Waals surface area contributed by atoms with Gasteiger partial charge in [0.15, 0.2) is 11.5 Å². The molecule has 0 bridgehead atoms. The van der Waals surface area contributed by atoms with Gasteiger partial charge in [-0.1, -0.05) is 18.2 Å². The molecule has 114 valence electrons. The van der Waals surface area contributed by atoms with Crippen LogP contribution in [0.3, 0.4) is 0 Å². The second kappa shape index (κ2) is 6.01. The molecule has 1 aliphatic heterocycles. The highest BCUT2D eigenvalue weighted by Gasteiger charge is 2.34. The average molecular weight is 362 g/mol. The Morgan fingerprint density at radius 1 is 1.14 bits per heavy atom. The van der Waals surface area contributed by atoms with E-state index in [1.54, 1.807) is 6.07 Å². The molecule has 0 spiro atoms. The topological polar surface area (TPSA) is 47.6 Å². The number of benzene rings is 2. The Kier molecular flexibility index (Phi) is 4.07. The summed E-state index contributed by atoms with van der Waals surface area (Å²) in [6.07, 6.45) is -1.05. The van der Waals surface area contributed by atoms with Crippen LogP contribution < -0.4 is 14.8 Å². The van der Waals surface area contributed by atoms with E-state index in [4.69, 9.17) is 9.47 Å². The highest BCUT2D eigenvalue weighted by molar-refractivity contribution is 9.10. The van der Waals surface area contributed by atoms with Gasteiger partial charge in [0.1, 0.15) is 6.10 Å². The van der Waals surface area contributed by atoms with Gasteiger partial charge < -0.3 is 14.8 Å². The first-order valence-electron chi connectivity index (χ1n) is 7.04. The summed E-state index contributed by atoms with van der Waals surface area (Å²) in [7, 11) is 0. The van der Waals surface area contributed by atoms with E-state index in [1.165, 1.54) is 0 Å². The molecule has 2 unspecified atom stereocenters. The van der Waals surface area contributed by atoms with Crippen LogP contribution in [0.15, 0.2) is 46.9 Å². The lowest BCUT2D eigenvalue weighted by molar-refractivity contribution is -0.128. The fraction of sp³-hybridized carbons (Fsp3) is 0.235. The molecule has 1 N–H and O–H groups in total. The summed E-state index contributed by atoms with van der Waals surface area (Å²) in [6, 6.07) is 13.1. The van der Waals surface area contributed by atoms with Crippen molar-refractivity contribution in [1.82, 2.24) is 0 Å². The van der Waals surface area contributed by atoms with Crippen molar-refractivity contribution < 1.29 is 14.3 Å². The third-order valence-corrected chi connectivity index (χ3v) is 4.14. The molecule has 22 heavy (non-hydrogen) atoms. The molecule has 0 aromatic heterocycles. The molecule has 0 radical (unpaired) electrons. The Bertz CT molecular complexity index is 717. The summed E-state index contributed by atoms with van der Waals surface area (Å²) in [5, 5.41) is 2.88. The van der Waals surface area contributed by atoms with Crippen LogP contribution in [0.5, 0.6) is 11.5 Å². The summed E-state index contributed by atoms with van der Waals surface area (Å²) in [4.78, 5) is 12.5. The third kappa shape index (κ3) is 2.95. The largest absolute Gasteiger partial charge is 0.482 e. The Hall–Kier alpha value is -2.01. The number of carbonyl (C=O) groups is 1. The molecule has 1 aliphatic rings. The summed E-state index contributed by atoms with van der Waals surface area (Å²) in [5.41, 5.74) is 1.83. The highest BCUT2D eigenvalue weighted by Crippen LogP contribution is 2.34. The zero-order valence-electron chi connectivity index (χ0n) is 12.3. The number of halogens is 1. The number of hydrogen-bond donors (Lipinski definition) is 1. The maximum absolute atomic E-state index is 12.5. The van der Waals surface area contributed by atoms with Crippen molar-refractivity contribution in [3.05, 3.63) is 52.5 Å². The molecule has 3 rings (SSSR count).